The zero-order valence-electron chi connectivity index (χ0n) is 15.7. The molecule has 0 atom stereocenters. The third-order valence-corrected chi connectivity index (χ3v) is 4.88. The molecule has 0 spiro atoms. The number of alkyl halides is 3. The van der Waals surface area contributed by atoms with Gasteiger partial charge >= 0.3 is 12.1 Å². The summed E-state index contributed by atoms with van der Waals surface area (Å²) in [5.74, 6) is -1.32. The second-order valence-electron chi connectivity index (χ2n) is 6.79. The Morgan fingerprint density at radius 2 is 1.53 bits per heavy atom. The van der Waals surface area contributed by atoms with E-state index in [1.165, 1.54) is 0 Å². The predicted molar refractivity (Wildman–Crippen MR) is 107 cm³/mol. The number of hydrogen-bond donors (Lipinski definition) is 1. The zero-order valence-corrected chi connectivity index (χ0v) is 15.7. The number of aromatic nitrogens is 2. The van der Waals surface area contributed by atoms with Gasteiger partial charge in [-0.3, -0.25) is 0 Å². The molecule has 0 amide bonds. The zero-order chi connectivity index (χ0) is 21.5. The summed E-state index contributed by atoms with van der Waals surface area (Å²) < 4.78 is 39.1. The van der Waals surface area contributed by atoms with Gasteiger partial charge in [0.25, 0.3) is 0 Å². The molecule has 4 rings (SSSR count). The Morgan fingerprint density at radius 1 is 0.933 bits per heavy atom. The van der Waals surface area contributed by atoms with E-state index in [0.29, 0.717) is 16.8 Å². The molecular formula is C23H15F3N2O2. The summed E-state index contributed by atoms with van der Waals surface area (Å²) in [6.07, 6.45) is -3.71. The van der Waals surface area contributed by atoms with Gasteiger partial charge in [0.1, 0.15) is 5.69 Å². The monoisotopic (exact) mass is 408 g/mol. The minimum Gasteiger partial charge on any atom is -0.478 e. The fraction of sp³-hybridized carbons (Fsp3) is 0.0870. The number of carboxylic acids is 1. The molecule has 0 fully saturated rings. The van der Waals surface area contributed by atoms with E-state index in [1.807, 2.05) is 54.6 Å². The van der Waals surface area contributed by atoms with E-state index in [2.05, 4.69) is 9.97 Å². The van der Waals surface area contributed by atoms with Crippen molar-refractivity contribution in [3.63, 3.8) is 0 Å². The Bertz CT molecular complexity index is 1250. The van der Waals surface area contributed by atoms with Crippen LogP contribution in [0.25, 0.3) is 33.3 Å². The van der Waals surface area contributed by atoms with Gasteiger partial charge in [0.15, 0.2) is 0 Å². The van der Waals surface area contributed by atoms with E-state index in [0.717, 1.165) is 23.4 Å². The Hall–Kier alpha value is -3.74. The molecule has 0 aliphatic heterocycles. The van der Waals surface area contributed by atoms with Gasteiger partial charge in [-0.15, -0.1) is 0 Å². The van der Waals surface area contributed by atoms with Crippen molar-refractivity contribution < 1.29 is 23.1 Å². The molecule has 0 aliphatic carbocycles. The lowest BCUT2D eigenvalue weighted by atomic mass is 9.96. The third-order valence-electron chi connectivity index (χ3n) is 4.88. The van der Waals surface area contributed by atoms with Gasteiger partial charge in [-0.2, -0.15) is 13.2 Å². The highest BCUT2D eigenvalue weighted by molar-refractivity contribution is 6.05. The molecule has 0 radical (unpaired) electrons. The fourth-order valence-corrected chi connectivity index (χ4v) is 3.43. The quantitative estimate of drug-likeness (QED) is 0.452. The topological polar surface area (TPSA) is 63.1 Å². The number of aromatic carboxylic acids is 1. The summed E-state index contributed by atoms with van der Waals surface area (Å²) >= 11 is 0. The van der Waals surface area contributed by atoms with Crippen LogP contribution in [-0.2, 0) is 6.18 Å². The predicted octanol–water partition coefficient (Wildman–Crippen LogP) is 5.99. The molecule has 0 aliphatic rings. The van der Waals surface area contributed by atoms with Crippen LogP contribution in [0.15, 0.2) is 66.9 Å². The molecule has 4 aromatic rings. The number of rotatable bonds is 3. The average molecular weight is 408 g/mol. The summed E-state index contributed by atoms with van der Waals surface area (Å²) in [5, 5.41) is 9.60. The Labute approximate surface area is 169 Å². The lowest BCUT2D eigenvalue weighted by molar-refractivity contribution is -0.141. The van der Waals surface area contributed by atoms with Gasteiger partial charge in [0.05, 0.1) is 23.0 Å². The second-order valence-corrected chi connectivity index (χ2v) is 6.79. The van der Waals surface area contributed by atoms with Crippen LogP contribution in [0.2, 0.25) is 0 Å². The van der Waals surface area contributed by atoms with E-state index in [9.17, 15) is 23.1 Å². The van der Waals surface area contributed by atoms with E-state index in [-0.39, 0.29) is 16.5 Å². The number of halogens is 3. The van der Waals surface area contributed by atoms with Crippen molar-refractivity contribution in [3.8, 4) is 22.4 Å². The number of carbonyl (C=O) groups is 1. The van der Waals surface area contributed by atoms with Gasteiger partial charge in [-0.25, -0.2) is 14.8 Å². The van der Waals surface area contributed by atoms with Crippen LogP contribution >= 0.6 is 0 Å². The highest BCUT2D eigenvalue weighted by atomic mass is 19.4. The normalized spacial score (nSPS) is 11.6. The summed E-state index contributed by atoms with van der Waals surface area (Å²) in [7, 11) is 0. The minimum absolute atomic E-state index is 0.0908. The van der Waals surface area contributed by atoms with Crippen LogP contribution in [0, 0.1) is 6.92 Å². The number of benzene rings is 2. The molecule has 0 unspecified atom stereocenters. The van der Waals surface area contributed by atoms with Gasteiger partial charge in [-0.1, -0.05) is 54.6 Å². The molecular weight excluding hydrogens is 393 g/mol. The summed E-state index contributed by atoms with van der Waals surface area (Å²) in [5.41, 5.74) is 2.08. The van der Waals surface area contributed by atoms with Gasteiger partial charge in [-0.05, 0) is 29.7 Å². The van der Waals surface area contributed by atoms with Crippen LogP contribution in [0.3, 0.4) is 0 Å². The van der Waals surface area contributed by atoms with E-state index < -0.39 is 17.8 Å². The van der Waals surface area contributed by atoms with Crippen LogP contribution in [0.1, 0.15) is 21.6 Å². The standard InChI is InChI=1S/C23H15F3N2O2/c1-13-20(22(29)30)17-11-19(23(24,25)26)27-12-18(17)28-21(13)16-9-7-15(8-10-16)14-5-3-2-4-6-14/h2-12H,1H3,(H,29,30). The molecule has 2 aromatic carbocycles. The highest BCUT2D eigenvalue weighted by Crippen LogP contribution is 2.34. The summed E-state index contributed by atoms with van der Waals surface area (Å²) in [4.78, 5) is 19.7. The van der Waals surface area contributed by atoms with Gasteiger partial charge in [0.2, 0.25) is 0 Å². The SMILES string of the molecule is Cc1c(-c2ccc(-c3ccccc3)cc2)nc2cnc(C(F)(F)F)cc2c1C(=O)O. The van der Waals surface area contributed by atoms with Crippen LogP contribution < -0.4 is 0 Å². The third kappa shape index (κ3) is 3.50. The van der Waals surface area contributed by atoms with E-state index in [1.54, 1.807) is 6.92 Å². The lowest BCUT2D eigenvalue weighted by Gasteiger charge is -2.14. The van der Waals surface area contributed by atoms with Crippen LogP contribution in [-0.4, -0.2) is 21.0 Å². The van der Waals surface area contributed by atoms with Crippen molar-refractivity contribution in [1.29, 1.82) is 0 Å². The maximum Gasteiger partial charge on any atom is 0.433 e. The van der Waals surface area contributed by atoms with Crippen molar-refractivity contribution in [1.82, 2.24) is 9.97 Å². The smallest absolute Gasteiger partial charge is 0.433 e. The molecule has 0 saturated heterocycles. The van der Waals surface area contributed by atoms with Crippen LogP contribution in [0.4, 0.5) is 13.2 Å². The Balaban J connectivity index is 1.87. The second kappa shape index (κ2) is 7.26. The van der Waals surface area contributed by atoms with Crippen molar-refractivity contribution in [2.45, 2.75) is 13.1 Å². The minimum atomic E-state index is -4.68. The molecule has 2 aromatic heterocycles. The van der Waals surface area contributed by atoms with Gasteiger partial charge in [0, 0.05) is 10.9 Å². The maximum absolute atomic E-state index is 13.0. The molecule has 4 nitrogen and oxygen atoms in total. The first-order valence-electron chi connectivity index (χ1n) is 9.02. The van der Waals surface area contributed by atoms with E-state index >= 15 is 0 Å². The van der Waals surface area contributed by atoms with Crippen molar-refractivity contribution in [2.75, 3.05) is 0 Å². The molecule has 7 heteroatoms. The number of hydrogen-bond acceptors (Lipinski definition) is 3. The first kappa shape index (κ1) is 19.6. The molecule has 1 N–H and O–H groups in total. The highest BCUT2D eigenvalue weighted by Gasteiger charge is 2.33. The number of pyridine rings is 2. The number of nitrogens with zero attached hydrogens (tertiary/aromatic N) is 2. The average Bonchev–Trinajstić information content (AvgIpc) is 2.72. The number of carboxylic acid groups (broad SMARTS) is 1. The fourth-order valence-electron chi connectivity index (χ4n) is 3.43. The van der Waals surface area contributed by atoms with E-state index in [4.69, 9.17) is 0 Å². The van der Waals surface area contributed by atoms with Crippen LogP contribution in [0.5, 0.6) is 0 Å². The Kier molecular flexibility index (Phi) is 4.73. The maximum atomic E-state index is 13.0. The molecule has 2 heterocycles. The lowest BCUT2D eigenvalue weighted by Crippen LogP contribution is -2.10. The number of fused-ring (bicyclic) bond motifs is 1. The Morgan fingerprint density at radius 3 is 2.13 bits per heavy atom. The molecule has 30 heavy (non-hydrogen) atoms. The molecule has 150 valence electrons. The molecule has 0 saturated carbocycles. The first-order valence-corrected chi connectivity index (χ1v) is 9.02. The molecule has 0 bridgehead atoms. The summed E-state index contributed by atoms with van der Waals surface area (Å²) in [6, 6.07) is 17.9. The van der Waals surface area contributed by atoms with Crippen molar-refractivity contribution in [2.24, 2.45) is 0 Å². The van der Waals surface area contributed by atoms with Gasteiger partial charge < -0.3 is 5.11 Å². The summed E-state index contributed by atoms with van der Waals surface area (Å²) in [6.45, 7) is 1.55. The van der Waals surface area contributed by atoms with Crippen molar-refractivity contribution in [3.05, 3.63) is 83.7 Å². The first-order chi connectivity index (χ1) is 14.3. The largest absolute Gasteiger partial charge is 0.478 e. The van der Waals surface area contributed by atoms with Crippen molar-refractivity contribution >= 4 is 16.9 Å².